The third-order valence-electron chi connectivity index (χ3n) is 7.18. The fraction of sp³-hybridized carbons (Fsp3) is 0.379. The molecule has 1 aliphatic rings. The van der Waals surface area contributed by atoms with Crippen LogP contribution >= 0.6 is 11.6 Å². The van der Waals surface area contributed by atoms with Gasteiger partial charge >= 0.3 is 0 Å². The number of aryl methyl sites for hydroxylation is 1. The van der Waals surface area contributed by atoms with E-state index in [1.54, 1.807) is 35.5 Å². The van der Waals surface area contributed by atoms with Gasteiger partial charge in [-0.05, 0) is 45.2 Å². The lowest BCUT2D eigenvalue weighted by atomic mass is 9.93. The molecule has 2 atom stereocenters. The summed E-state index contributed by atoms with van der Waals surface area (Å²) in [6, 6.07) is 4.91. The summed E-state index contributed by atoms with van der Waals surface area (Å²) in [6.07, 6.45) is 5.64. The van der Waals surface area contributed by atoms with E-state index in [1.807, 2.05) is 32.1 Å². The lowest BCUT2D eigenvalue weighted by Crippen LogP contribution is -2.29. The minimum Gasteiger partial charge on any atom is -0.490 e. The smallest absolute Gasteiger partial charge is 0.272 e. The molecule has 1 fully saturated rings. The average molecular weight is 551 g/mol. The summed E-state index contributed by atoms with van der Waals surface area (Å²) < 4.78 is 23.9. The van der Waals surface area contributed by atoms with Crippen molar-refractivity contribution in [2.24, 2.45) is 5.92 Å². The molecule has 0 radical (unpaired) electrons. The van der Waals surface area contributed by atoms with Gasteiger partial charge in [-0.3, -0.25) is 14.2 Å². The summed E-state index contributed by atoms with van der Waals surface area (Å²) in [6.45, 7) is 11.1. The Bertz CT molecular complexity index is 1550. The number of nitrogens with zero attached hydrogens (tertiary/aromatic N) is 5. The van der Waals surface area contributed by atoms with Gasteiger partial charge in [-0.1, -0.05) is 31.5 Å². The molecule has 1 saturated heterocycles. The van der Waals surface area contributed by atoms with E-state index in [2.05, 4.69) is 16.9 Å². The standard InChI is InChI=1S/C29H32ClFN6O2/c1-15(2)39-26-20(17(4)28-35-18(5)25-27(32)33-9-11-37(25)28)12-21(30)24(31)23(26)19-6-7-22(34-13-19)29(38)36-10-8-16(3)14-36/h6-7,9,11-13,15-17H,8,10,14H2,1-5H3,(H2,32,33)/t16-,17+/m1/s1. The number of nitrogens with two attached hydrogens (primary N) is 1. The van der Waals surface area contributed by atoms with Crippen LogP contribution in [0, 0.1) is 18.7 Å². The number of anilines is 1. The van der Waals surface area contributed by atoms with Gasteiger partial charge in [0.25, 0.3) is 5.91 Å². The highest BCUT2D eigenvalue weighted by molar-refractivity contribution is 6.31. The van der Waals surface area contributed by atoms with Gasteiger partial charge in [-0.25, -0.2) is 14.4 Å². The minimum absolute atomic E-state index is 0.0482. The van der Waals surface area contributed by atoms with Crippen LogP contribution in [0.3, 0.4) is 0 Å². The molecule has 204 valence electrons. The molecule has 39 heavy (non-hydrogen) atoms. The number of amides is 1. The normalized spacial score (nSPS) is 16.3. The molecule has 0 bridgehead atoms. The number of imidazole rings is 1. The summed E-state index contributed by atoms with van der Waals surface area (Å²) in [7, 11) is 0. The molecule has 5 rings (SSSR count). The number of halogens is 2. The summed E-state index contributed by atoms with van der Waals surface area (Å²) >= 11 is 6.47. The third-order valence-corrected chi connectivity index (χ3v) is 7.45. The quantitative estimate of drug-likeness (QED) is 0.321. The van der Waals surface area contributed by atoms with Crippen molar-refractivity contribution < 1.29 is 13.9 Å². The highest BCUT2D eigenvalue weighted by Crippen LogP contribution is 2.44. The van der Waals surface area contributed by atoms with Gasteiger partial charge < -0.3 is 15.4 Å². The minimum atomic E-state index is -0.616. The topological polar surface area (TPSA) is 98.6 Å². The van der Waals surface area contributed by atoms with Gasteiger partial charge in [-0.2, -0.15) is 0 Å². The van der Waals surface area contributed by atoms with Crippen LogP contribution in [-0.2, 0) is 0 Å². The summed E-state index contributed by atoms with van der Waals surface area (Å²) in [5.41, 5.74) is 9.22. The van der Waals surface area contributed by atoms with E-state index >= 15 is 4.39 Å². The average Bonchev–Trinajstić information content (AvgIpc) is 3.49. The number of ether oxygens (including phenoxy) is 1. The number of hydrogen-bond donors (Lipinski definition) is 1. The van der Waals surface area contributed by atoms with Crippen molar-refractivity contribution in [1.82, 2.24) is 24.3 Å². The van der Waals surface area contributed by atoms with Crippen LogP contribution in [0.15, 0.2) is 36.8 Å². The van der Waals surface area contributed by atoms with Crippen LogP contribution < -0.4 is 10.5 Å². The molecule has 1 aromatic carbocycles. The van der Waals surface area contributed by atoms with Crippen molar-refractivity contribution in [2.45, 2.75) is 53.1 Å². The first-order valence-corrected chi connectivity index (χ1v) is 13.5. The molecule has 8 nitrogen and oxygen atoms in total. The number of rotatable bonds is 6. The molecule has 0 aliphatic carbocycles. The van der Waals surface area contributed by atoms with E-state index < -0.39 is 5.82 Å². The molecular weight excluding hydrogens is 519 g/mol. The van der Waals surface area contributed by atoms with Crippen molar-refractivity contribution in [3.63, 3.8) is 0 Å². The first-order valence-electron chi connectivity index (χ1n) is 13.1. The lowest BCUT2D eigenvalue weighted by Gasteiger charge is -2.23. The Kier molecular flexibility index (Phi) is 7.20. The number of likely N-dealkylation sites (tertiary alicyclic amines) is 1. The van der Waals surface area contributed by atoms with E-state index in [0.29, 0.717) is 53.2 Å². The Morgan fingerprint density at radius 1 is 1.26 bits per heavy atom. The van der Waals surface area contributed by atoms with E-state index in [9.17, 15) is 4.79 Å². The van der Waals surface area contributed by atoms with E-state index in [1.165, 1.54) is 6.20 Å². The predicted octanol–water partition coefficient (Wildman–Crippen LogP) is 5.90. The molecular formula is C29H32ClFN6O2. The highest BCUT2D eigenvalue weighted by atomic mass is 35.5. The van der Waals surface area contributed by atoms with Crippen LogP contribution in [0.4, 0.5) is 10.2 Å². The maximum absolute atomic E-state index is 15.7. The van der Waals surface area contributed by atoms with Crippen molar-refractivity contribution >= 4 is 28.8 Å². The number of hydrogen-bond acceptors (Lipinski definition) is 6. The number of nitrogen functional groups attached to an aromatic ring is 1. The van der Waals surface area contributed by atoms with Crippen molar-refractivity contribution in [3.8, 4) is 16.9 Å². The highest BCUT2D eigenvalue weighted by Gasteiger charge is 2.29. The van der Waals surface area contributed by atoms with E-state index in [-0.39, 0.29) is 28.5 Å². The van der Waals surface area contributed by atoms with E-state index in [0.717, 1.165) is 17.6 Å². The largest absolute Gasteiger partial charge is 0.490 e. The Morgan fingerprint density at radius 2 is 2.03 bits per heavy atom. The van der Waals surface area contributed by atoms with Gasteiger partial charge in [0.2, 0.25) is 0 Å². The maximum atomic E-state index is 15.7. The molecule has 0 spiro atoms. The van der Waals surface area contributed by atoms with Crippen molar-refractivity contribution in [1.29, 1.82) is 0 Å². The fourth-order valence-electron chi connectivity index (χ4n) is 5.23. The molecule has 0 unspecified atom stereocenters. The number of benzene rings is 1. The van der Waals surface area contributed by atoms with Crippen molar-refractivity contribution in [3.05, 3.63) is 70.4 Å². The number of fused-ring (bicyclic) bond motifs is 1. The second-order valence-electron chi connectivity index (χ2n) is 10.5. The zero-order valence-electron chi connectivity index (χ0n) is 22.7. The molecule has 1 amide bonds. The second-order valence-corrected chi connectivity index (χ2v) is 10.9. The number of pyridine rings is 1. The number of carbonyl (C=O) groups excluding carboxylic acids is 1. The lowest BCUT2D eigenvalue weighted by molar-refractivity contribution is 0.0782. The summed E-state index contributed by atoms with van der Waals surface area (Å²) in [5, 5.41) is -0.0482. The molecule has 2 N–H and O–H groups in total. The maximum Gasteiger partial charge on any atom is 0.272 e. The first kappa shape index (κ1) is 26.9. The summed E-state index contributed by atoms with van der Waals surface area (Å²) in [4.78, 5) is 28.1. The molecule has 4 aromatic rings. The fourth-order valence-corrected chi connectivity index (χ4v) is 5.45. The Balaban J connectivity index is 1.61. The monoisotopic (exact) mass is 550 g/mol. The Hall–Kier alpha value is -3.72. The molecule has 3 aromatic heterocycles. The molecule has 1 aliphatic heterocycles. The SMILES string of the molecule is Cc1nc([C@@H](C)c2cc(Cl)c(F)c(-c3ccc(C(=O)N4CC[C@@H](C)C4)nc3)c2OC(C)C)n2ccnc(N)c12. The number of aromatic nitrogens is 4. The van der Waals surface area contributed by atoms with Gasteiger partial charge in [0.05, 0.1) is 22.4 Å². The first-order chi connectivity index (χ1) is 18.6. The zero-order valence-corrected chi connectivity index (χ0v) is 23.5. The molecule has 4 heterocycles. The molecule has 0 saturated carbocycles. The van der Waals surface area contributed by atoms with Crippen LogP contribution in [0.1, 0.15) is 67.6 Å². The Morgan fingerprint density at radius 3 is 2.67 bits per heavy atom. The number of carbonyl (C=O) groups is 1. The third kappa shape index (κ3) is 4.91. The zero-order chi connectivity index (χ0) is 28.0. The van der Waals surface area contributed by atoms with Crippen molar-refractivity contribution in [2.75, 3.05) is 18.8 Å². The van der Waals surface area contributed by atoms with Crippen LogP contribution in [0.2, 0.25) is 5.02 Å². The van der Waals surface area contributed by atoms with Crippen LogP contribution in [-0.4, -0.2) is 49.4 Å². The van der Waals surface area contributed by atoms with Gasteiger partial charge in [0.15, 0.2) is 5.82 Å². The van der Waals surface area contributed by atoms with Crippen LogP contribution in [0.5, 0.6) is 5.75 Å². The predicted molar refractivity (Wildman–Crippen MR) is 150 cm³/mol. The Labute approximate surface area is 232 Å². The second kappa shape index (κ2) is 10.4. The molecule has 10 heteroatoms. The summed E-state index contributed by atoms with van der Waals surface area (Å²) in [5.74, 6) is 0.804. The van der Waals surface area contributed by atoms with E-state index in [4.69, 9.17) is 27.1 Å². The van der Waals surface area contributed by atoms with Crippen LogP contribution in [0.25, 0.3) is 16.6 Å². The van der Waals surface area contributed by atoms with Gasteiger partial charge in [0, 0.05) is 48.7 Å². The van der Waals surface area contributed by atoms with Gasteiger partial charge in [-0.15, -0.1) is 0 Å². The van der Waals surface area contributed by atoms with Gasteiger partial charge in [0.1, 0.15) is 28.6 Å².